The average Bonchev–Trinajstić information content (AvgIpc) is 2.24. The van der Waals surface area contributed by atoms with Gasteiger partial charge in [0.25, 0.3) is 10.1 Å². The van der Waals surface area contributed by atoms with E-state index >= 15 is 0 Å². The minimum absolute atomic E-state index is 0.285. The summed E-state index contributed by atoms with van der Waals surface area (Å²) in [4.78, 5) is 0. The van der Waals surface area contributed by atoms with Gasteiger partial charge in [-0.25, -0.2) is 0 Å². The van der Waals surface area contributed by atoms with Crippen molar-refractivity contribution in [3.63, 3.8) is 0 Å². The molecule has 0 aliphatic carbocycles. The lowest BCUT2D eigenvalue weighted by Crippen LogP contribution is -2.20. The normalized spacial score (nSPS) is 15.6. The molecule has 0 saturated heterocycles. The Bertz CT molecular complexity index is 285. The molecule has 0 aromatic heterocycles. The van der Waals surface area contributed by atoms with Crippen LogP contribution in [0.25, 0.3) is 0 Å². The van der Waals surface area contributed by atoms with E-state index in [1.807, 2.05) is 0 Å². The molecular formula is C13H28O4S. The van der Waals surface area contributed by atoms with E-state index in [1.54, 1.807) is 6.92 Å². The Kier molecular flexibility index (Phi) is 9.68. The van der Waals surface area contributed by atoms with E-state index in [9.17, 15) is 8.42 Å². The fourth-order valence-electron chi connectivity index (χ4n) is 2.05. The van der Waals surface area contributed by atoms with Crippen LogP contribution in [-0.2, 0) is 10.1 Å². The highest BCUT2D eigenvalue weighted by molar-refractivity contribution is 7.86. The molecule has 2 atom stereocenters. The number of hydrogen-bond acceptors (Lipinski definition) is 3. The molecule has 0 aromatic rings. The molecule has 0 aliphatic heterocycles. The second-order valence-corrected chi connectivity index (χ2v) is 6.82. The average molecular weight is 280 g/mol. The molecule has 0 amide bonds. The lowest BCUT2D eigenvalue weighted by Gasteiger charge is -2.13. The Balaban J connectivity index is 3.88. The Morgan fingerprint density at radius 1 is 0.944 bits per heavy atom. The predicted molar refractivity (Wildman–Crippen MR) is 74.2 cm³/mol. The van der Waals surface area contributed by atoms with E-state index in [4.69, 9.17) is 9.66 Å². The molecule has 0 aliphatic rings. The van der Waals surface area contributed by atoms with Crippen LogP contribution < -0.4 is 0 Å². The van der Waals surface area contributed by atoms with Crippen LogP contribution in [0, 0.1) is 0 Å². The molecule has 0 bridgehead atoms. The third-order valence-corrected chi connectivity index (χ3v) is 4.51. The number of unbranched alkanes of at least 4 members (excludes halogenated alkanes) is 4. The van der Waals surface area contributed by atoms with Crippen molar-refractivity contribution in [1.82, 2.24) is 0 Å². The zero-order valence-electron chi connectivity index (χ0n) is 11.6. The number of hydrogen-bond donors (Lipinski definition) is 2. The summed E-state index contributed by atoms with van der Waals surface area (Å²) in [6.45, 7) is 3.82. The lowest BCUT2D eigenvalue weighted by atomic mass is 10.1. The summed E-state index contributed by atoms with van der Waals surface area (Å²) in [5.74, 6) is 0. The lowest BCUT2D eigenvalue weighted by molar-refractivity contribution is 0.180. The van der Waals surface area contributed by atoms with Crippen molar-refractivity contribution in [2.24, 2.45) is 0 Å². The molecule has 0 saturated carbocycles. The van der Waals surface area contributed by atoms with Crippen molar-refractivity contribution in [1.29, 1.82) is 0 Å². The smallest absolute Gasteiger partial charge is 0.267 e. The maximum Gasteiger partial charge on any atom is 0.267 e. The second-order valence-electron chi connectivity index (χ2n) is 5.12. The van der Waals surface area contributed by atoms with Gasteiger partial charge in [0.1, 0.15) is 0 Å². The van der Waals surface area contributed by atoms with Crippen molar-refractivity contribution in [2.45, 2.75) is 83.0 Å². The molecule has 110 valence electrons. The van der Waals surface area contributed by atoms with Crippen molar-refractivity contribution < 1.29 is 18.1 Å². The summed E-state index contributed by atoms with van der Waals surface area (Å²) >= 11 is 0. The number of aliphatic hydroxyl groups is 1. The van der Waals surface area contributed by atoms with E-state index in [0.29, 0.717) is 12.8 Å². The van der Waals surface area contributed by atoms with E-state index in [2.05, 4.69) is 6.92 Å². The fraction of sp³-hybridized carbons (Fsp3) is 1.00. The van der Waals surface area contributed by atoms with Crippen molar-refractivity contribution >= 4 is 10.1 Å². The van der Waals surface area contributed by atoms with Gasteiger partial charge >= 0.3 is 0 Å². The molecule has 18 heavy (non-hydrogen) atoms. The molecular weight excluding hydrogens is 252 g/mol. The first kappa shape index (κ1) is 17.9. The summed E-state index contributed by atoms with van der Waals surface area (Å²) in [7, 11) is -3.90. The second kappa shape index (κ2) is 9.75. The standard InChI is InChI=1S/C13H28O4S/c1-3-4-6-10-13(18(15,16)17)11-8-5-7-9-12(2)14/h12-14H,3-11H2,1-2H3,(H,15,16,17). The van der Waals surface area contributed by atoms with Gasteiger partial charge in [0, 0.05) is 0 Å². The van der Waals surface area contributed by atoms with Crippen molar-refractivity contribution in [3.8, 4) is 0 Å². The Labute approximate surface area is 112 Å². The monoisotopic (exact) mass is 280 g/mol. The Morgan fingerprint density at radius 2 is 1.44 bits per heavy atom. The first-order valence-corrected chi connectivity index (χ1v) is 8.52. The highest BCUT2D eigenvalue weighted by atomic mass is 32.2. The van der Waals surface area contributed by atoms with Crippen molar-refractivity contribution in [2.75, 3.05) is 0 Å². The molecule has 0 aromatic carbocycles. The zero-order chi connectivity index (χ0) is 14.0. The molecule has 5 heteroatoms. The molecule has 0 rings (SSSR count). The summed E-state index contributed by atoms with van der Waals surface area (Å²) in [6.07, 6.45) is 7.08. The van der Waals surface area contributed by atoms with Crippen LogP contribution >= 0.6 is 0 Å². The summed E-state index contributed by atoms with van der Waals surface area (Å²) in [5.41, 5.74) is 0. The summed E-state index contributed by atoms with van der Waals surface area (Å²) < 4.78 is 31.6. The van der Waals surface area contributed by atoms with Crippen LogP contribution in [-0.4, -0.2) is 29.4 Å². The summed E-state index contributed by atoms with van der Waals surface area (Å²) in [5, 5.41) is 8.50. The third kappa shape index (κ3) is 9.85. The largest absolute Gasteiger partial charge is 0.393 e. The highest BCUT2D eigenvalue weighted by Crippen LogP contribution is 2.18. The number of rotatable bonds is 11. The van der Waals surface area contributed by atoms with E-state index in [-0.39, 0.29) is 6.10 Å². The van der Waals surface area contributed by atoms with Gasteiger partial charge in [-0.05, 0) is 26.2 Å². The molecule has 2 unspecified atom stereocenters. The van der Waals surface area contributed by atoms with E-state index in [1.165, 1.54) is 0 Å². The van der Waals surface area contributed by atoms with Gasteiger partial charge in [-0.3, -0.25) is 4.55 Å². The SMILES string of the molecule is CCCCCC(CCCCCC(C)O)S(=O)(=O)O. The highest BCUT2D eigenvalue weighted by Gasteiger charge is 2.21. The molecule has 2 N–H and O–H groups in total. The minimum Gasteiger partial charge on any atom is -0.393 e. The van der Waals surface area contributed by atoms with Crippen molar-refractivity contribution in [3.05, 3.63) is 0 Å². The fourth-order valence-corrected chi connectivity index (χ4v) is 2.98. The molecule has 0 radical (unpaired) electrons. The van der Waals surface area contributed by atoms with Gasteiger partial charge in [0.2, 0.25) is 0 Å². The van der Waals surface area contributed by atoms with E-state index in [0.717, 1.165) is 44.9 Å². The molecule has 0 fully saturated rings. The summed E-state index contributed by atoms with van der Waals surface area (Å²) in [6, 6.07) is 0. The van der Waals surface area contributed by atoms with Gasteiger partial charge in [0.15, 0.2) is 0 Å². The van der Waals surface area contributed by atoms with Crippen LogP contribution in [0.1, 0.15) is 71.6 Å². The predicted octanol–water partition coefficient (Wildman–Crippen LogP) is 3.15. The Morgan fingerprint density at radius 3 is 1.89 bits per heavy atom. The van der Waals surface area contributed by atoms with E-state index < -0.39 is 15.4 Å². The topological polar surface area (TPSA) is 74.6 Å². The van der Waals surface area contributed by atoms with Crippen LogP contribution in [0.15, 0.2) is 0 Å². The molecule has 0 heterocycles. The van der Waals surface area contributed by atoms with Crippen LogP contribution in [0.3, 0.4) is 0 Å². The first-order chi connectivity index (χ1) is 8.38. The van der Waals surface area contributed by atoms with Gasteiger partial charge in [-0.1, -0.05) is 45.4 Å². The van der Waals surface area contributed by atoms with Gasteiger partial charge in [-0.2, -0.15) is 8.42 Å². The van der Waals surface area contributed by atoms with Crippen LogP contribution in [0.2, 0.25) is 0 Å². The molecule has 0 spiro atoms. The molecule has 4 nitrogen and oxygen atoms in total. The maximum absolute atomic E-state index is 11.2. The number of aliphatic hydroxyl groups excluding tert-OH is 1. The van der Waals surface area contributed by atoms with Gasteiger partial charge in [-0.15, -0.1) is 0 Å². The Hall–Kier alpha value is -0.130. The zero-order valence-corrected chi connectivity index (χ0v) is 12.5. The maximum atomic E-state index is 11.2. The van der Waals surface area contributed by atoms with Gasteiger partial charge in [0.05, 0.1) is 11.4 Å². The van der Waals surface area contributed by atoms with Gasteiger partial charge < -0.3 is 5.11 Å². The quantitative estimate of drug-likeness (QED) is 0.450. The van der Waals surface area contributed by atoms with Crippen LogP contribution in [0.5, 0.6) is 0 Å². The first-order valence-electron chi connectivity index (χ1n) is 7.02. The third-order valence-electron chi connectivity index (χ3n) is 3.20. The van der Waals surface area contributed by atoms with Crippen LogP contribution in [0.4, 0.5) is 0 Å². The minimum atomic E-state index is -3.90.